The summed E-state index contributed by atoms with van der Waals surface area (Å²) in [7, 11) is 0. The minimum Gasteiger partial charge on any atom is -0.388 e. The van der Waals surface area contributed by atoms with Crippen molar-refractivity contribution in [2.24, 2.45) is 0 Å². The Labute approximate surface area is 87.9 Å². The van der Waals surface area contributed by atoms with Crippen molar-refractivity contribution >= 4 is 11.8 Å². The Hall–Kier alpha value is -1.42. The van der Waals surface area contributed by atoms with Gasteiger partial charge in [-0.25, -0.2) is 4.98 Å². The van der Waals surface area contributed by atoms with Gasteiger partial charge < -0.3 is 4.74 Å². The van der Waals surface area contributed by atoms with E-state index < -0.39 is 12.2 Å². The van der Waals surface area contributed by atoms with E-state index >= 15 is 0 Å². The molecule has 80 valence electrons. The summed E-state index contributed by atoms with van der Waals surface area (Å²) in [5.41, 5.74) is -0.0794. The smallest absolute Gasteiger partial charge is 0.388 e. The van der Waals surface area contributed by atoms with Crippen LogP contribution in [-0.4, -0.2) is 17.6 Å². The molecule has 0 saturated carbocycles. The zero-order valence-corrected chi connectivity index (χ0v) is 8.32. The molecule has 15 heavy (non-hydrogen) atoms. The number of alkyl halides is 3. The Morgan fingerprint density at radius 2 is 2.13 bits per heavy atom. The number of nitrogens with zero attached hydrogens (tertiary/aromatic N) is 2. The minimum atomic E-state index is -4.79. The molecule has 1 aromatic heterocycles. The van der Waals surface area contributed by atoms with E-state index in [0.29, 0.717) is 4.90 Å². The summed E-state index contributed by atoms with van der Waals surface area (Å²) < 4.78 is 39.0. The second kappa shape index (κ2) is 4.40. The van der Waals surface area contributed by atoms with Crippen molar-refractivity contribution in [2.45, 2.75) is 11.3 Å². The molecular formula is C8H5F3N2OS. The number of aromatic nitrogens is 1. The van der Waals surface area contributed by atoms with E-state index in [2.05, 4.69) is 9.72 Å². The molecule has 0 unspecified atom stereocenters. The summed E-state index contributed by atoms with van der Waals surface area (Å²) in [4.78, 5) is 3.93. The van der Waals surface area contributed by atoms with Crippen LogP contribution in [0.4, 0.5) is 13.2 Å². The molecule has 0 saturated heterocycles. The second-order valence-electron chi connectivity index (χ2n) is 2.36. The first-order valence-electron chi connectivity index (χ1n) is 3.67. The number of nitriles is 1. The first-order chi connectivity index (χ1) is 6.96. The molecule has 3 nitrogen and oxygen atoms in total. The Bertz CT molecular complexity index is 400. The van der Waals surface area contributed by atoms with Gasteiger partial charge in [0.25, 0.3) is 0 Å². The van der Waals surface area contributed by atoms with E-state index in [1.807, 2.05) is 0 Å². The summed E-state index contributed by atoms with van der Waals surface area (Å²) in [5, 5.41) is 8.61. The molecular weight excluding hydrogens is 229 g/mol. The molecule has 0 fully saturated rings. The molecule has 1 aromatic rings. The Morgan fingerprint density at radius 1 is 1.47 bits per heavy atom. The predicted octanol–water partition coefficient (Wildman–Crippen LogP) is 2.57. The topological polar surface area (TPSA) is 45.9 Å². The van der Waals surface area contributed by atoms with Crippen LogP contribution in [0.3, 0.4) is 0 Å². The number of thioether (sulfide) groups is 1. The Morgan fingerprint density at radius 3 is 2.60 bits per heavy atom. The summed E-state index contributed by atoms with van der Waals surface area (Å²) >= 11 is 1.22. The monoisotopic (exact) mass is 234 g/mol. The van der Waals surface area contributed by atoms with Crippen LogP contribution in [0.15, 0.2) is 17.0 Å². The summed E-state index contributed by atoms with van der Waals surface area (Å²) in [6.07, 6.45) is -3.09. The molecule has 7 heteroatoms. The van der Waals surface area contributed by atoms with Gasteiger partial charge in [-0.3, -0.25) is 0 Å². The number of hydrogen-bond donors (Lipinski definition) is 0. The van der Waals surface area contributed by atoms with E-state index in [1.165, 1.54) is 17.8 Å². The van der Waals surface area contributed by atoms with Gasteiger partial charge in [0.05, 0.1) is 0 Å². The number of hydrogen-bond acceptors (Lipinski definition) is 4. The van der Waals surface area contributed by atoms with Gasteiger partial charge in [-0.05, 0) is 12.3 Å². The number of ether oxygens (including phenoxy) is 1. The van der Waals surface area contributed by atoms with Crippen LogP contribution in [0, 0.1) is 11.3 Å². The highest BCUT2D eigenvalue weighted by molar-refractivity contribution is 7.98. The normalized spacial score (nSPS) is 10.9. The average molecular weight is 234 g/mol. The van der Waals surface area contributed by atoms with Crippen LogP contribution < -0.4 is 4.74 Å². The van der Waals surface area contributed by atoms with Crippen LogP contribution in [0.1, 0.15) is 5.69 Å². The maximum Gasteiger partial charge on any atom is 0.574 e. The van der Waals surface area contributed by atoms with Gasteiger partial charge in [0.2, 0.25) is 5.88 Å². The van der Waals surface area contributed by atoms with Crippen molar-refractivity contribution in [2.75, 3.05) is 6.26 Å². The zero-order chi connectivity index (χ0) is 11.5. The van der Waals surface area contributed by atoms with Gasteiger partial charge in [-0.2, -0.15) is 5.26 Å². The molecule has 1 rings (SSSR count). The molecule has 0 spiro atoms. The molecule has 0 atom stereocenters. The van der Waals surface area contributed by atoms with E-state index in [-0.39, 0.29) is 5.69 Å². The SMILES string of the molecule is CSc1ccc(OC(F)(F)F)nc1C#N. The van der Waals surface area contributed by atoms with Crippen LogP contribution >= 0.6 is 11.8 Å². The van der Waals surface area contributed by atoms with Crippen molar-refractivity contribution in [1.82, 2.24) is 4.98 Å². The van der Waals surface area contributed by atoms with Gasteiger partial charge in [0, 0.05) is 11.0 Å². The predicted molar refractivity (Wildman–Crippen MR) is 47.4 cm³/mol. The molecule has 0 bridgehead atoms. The highest BCUT2D eigenvalue weighted by Gasteiger charge is 2.32. The minimum absolute atomic E-state index is 0.0794. The second-order valence-corrected chi connectivity index (χ2v) is 3.21. The number of pyridine rings is 1. The summed E-state index contributed by atoms with van der Waals surface area (Å²) in [6, 6.07) is 4.12. The van der Waals surface area contributed by atoms with Crippen molar-refractivity contribution < 1.29 is 17.9 Å². The molecule has 0 aromatic carbocycles. The molecule has 0 aliphatic heterocycles. The molecule has 0 amide bonds. The fourth-order valence-electron chi connectivity index (χ4n) is 0.849. The van der Waals surface area contributed by atoms with E-state index in [4.69, 9.17) is 5.26 Å². The summed E-state index contributed by atoms with van der Waals surface area (Å²) in [6.45, 7) is 0. The quantitative estimate of drug-likeness (QED) is 0.738. The standard InChI is InChI=1S/C8H5F3N2OS/c1-15-6-2-3-7(13-5(6)4-12)14-8(9,10)11/h2-3H,1H3. The third kappa shape index (κ3) is 3.32. The van der Waals surface area contributed by atoms with Crippen LogP contribution in [0.2, 0.25) is 0 Å². The fourth-order valence-corrected chi connectivity index (χ4v) is 1.34. The Kier molecular flexibility index (Phi) is 3.42. The lowest BCUT2D eigenvalue weighted by Crippen LogP contribution is -2.18. The van der Waals surface area contributed by atoms with Crippen LogP contribution in [0.5, 0.6) is 5.88 Å². The molecule has 0 aliphatic carbocycles. The fraction of sp³-hybridized carbons (Fsp3) is 0.250. The highest BCUT2D eigenvalue weighted by atomic mass is 32.2. The lowest BCUT2D eigenvalue weighted by atomic mass is 10.4. The third-order valence-electron chi connectivity index (χ3n) is 1.38. The van der Waals surface area contributed by atoms with Crippen molar-refractivity contribution in [3.63, 3.8) is 0 Å². The van der Waals surface area contributed by atoms with Gasteiger partial charge in [0.15, 0.2) is 5.69 Å². The lowest BCUT2D eigenvalue weighted by Gasteiger charge is -2.08. The van der Waals surface area contributed by atoms with Gasteiger partial charge >= 0.3 is 6.36 Å². The zero-order valence-electron chi connectivity index (χ0n) is 7.50. The number of rotatable bonds is 2. The van der Waals surface area contributed by atoms with Crippen molar-refractivity contribution in [3.05, 3.63) is 17.8 Å². The van der Waals surface area contributed by atoms with Gasteiger partial charge in [0.1, 0.15) is 6.07 Å². The van der Waals surface area contributed by atoms with Crippen molar-refractivity contribution in [3.8, 4) is 11.9 Å². The molecule has 0 radical (unpaired) electrons. The lowest BCUT2D eigenvalue weighted by molar-refractivity contribution is -0.276. The van der Waals surface area contributed by atoms with E-state index in [9.17, 15) is 13.2 Å². The van der Waals surface area contributed by atoms with Crippen molar-refractivity contribution in [1.29, 1.82) is 5.26 Å². The molecule has 0 aliphatic rings. The maximum absolute atomic E-state index is 11.8. The summed E-state index contributed by atoms with van der Waals surface area (Å²) in [5.74, 6) is -0.628. The maximum atomic E-state index is 11.8. The van der Waals surface area contributed by atoms with Crippen LogP contribution in [0.25, 0.3) is 0 Å². The Balaban J connectivity index is 3.00. The largest absolute Gasteiger partial charge is 0.574 e. The first kappa shape index (κ1) is 11.7. The number of halogens is 3. The first-order valence-corrected chi connectivity index (χ1v) is 4.89. The van der Waals surface area contributed by atoms with E-state index in [0.717, 1.165) is 6.07 Å². The highest BCUT2D eigenvalue weighted by Crippen LogP contribution is 2.25. The molecule has 1 heterocycles. The van der Waals surface area contributed by atoms with Crippen LogP contribution in [-0.2, 0) is 0 Å². The van der Waals surface area contributed by atoms with Gasteiger partial charge in [-0.1, -0.05) is 0 Å². The third-order valence-corrected chi connectivity index (χ3v) is 2.15. The average Bonchev–Trinajstić information content (AvgIpc) is 2.15. The van der Waals surface area contributed by atoms with E-state index in [1.54, 1.807) is 12.3 Å². The van der Waals surface area contributed by atoms with Gasteiger partial charge in [-0.15, -0.1) is 24.9 Å². The molecule has 0 N–H and O–H groups in total.